The van der Waals surface area contributed by atoms with Crippen LogP contribution in [0.2, 0.25) is 4.47 Å². The normalized spacial score (nSPS) is 11.9. The van der Waals surface area contributed by atoms with E-state index in [2.05, 4.69) is 4.98 Å². The summed E-state index contributed by atoms with van der Waals surface area (Å²) in [6, 6.07) is 0. The first-order valence-corrected chi connectivity index (χ1v) is 5.72. The van der Waals surface area contributed by atoms with E-state index in [9.17, 15) is 12.3 Å². The van der Waals surface area contributed by atoms with Gasteiger partial charge in [-0.2, -0.15) is 8.42 Å². The molecule has 0 saturated carbocycles. The van der Waals surface area contributed by atoms with Crippen molar-refractivity contribution in [3.63, 3.8) is 0 Å². The van der Waals surface area contributed by atoms with Crippen molar-refractivity contribution in [3.05, 3.63) is 10.2 Å². The lowest BCUT2D eigenvalue weighted by molar-refractivity contribution is 0.553. The van der Waals surface area contributed by atoms with Gasteiger partial charge in [-0.3, -0.25) is 0 Å². The summed E-state index contributed by atoms with van der Waals surface area (Å²) in [6.45, 7) is 0. The average molecular weight is 250 g/mol. The Morgan fingerprint density at radius 2 is 2.17 bits per heavy atom. The predicted octanol–water partition coefficient (Wildman–Crippen LogP) is 2.19. The fourth-order valence-electron chi connectivity index (χ4n) is 0.585. The summed E-state index contributed by atoms with van der Waals surface area (Å²) in [5.41, 5.74) is -0.0471. The molecule has 0 aliphatic heterocycles. The van der Waals surface area contributed by atoms with Gasteiger partial charge in [0.05, 0.1) is 11.6 Å². The van der Waals surface area contributed by atoms with Crippen molar-refractivity contribution >= 4 is 44.8 Å². The number of halogens is 3. The molecule has 0 fully saturated rings. The van der Waals surface area contributed by atoms with Crippen LogP contribution in [0.3, 0.4) is 0 Å². The molecule has 0 aromatic carbocycles. The van der Waals surface area contributed by atoms with Crippen molar-refractivity contribution in [1.82, 2.24) is 4.98 Å². The molecule has 0 aliphatic rings. The fourth-order valence-corrected chi connectivity index (χ4v) is 2.99. The first-order chi connectivity index (χ1) is 5.45. The van der Waals surface area contributed by atoms with Crippen LogP contribution in [0.5, 0.6) is 0 Å². The molecule has 0 atom stereocenters. The van der Waals surface area contributed by atoms with E-state index in [0.29, 0.717) is 11.3 Å². The number of rotatable bonds is 2. The lowest BCUT2D eigenvalue weighted by Gasteiger charge is -1.89. The van der Waals surface area contributed by atoms with Gasteiger partial charge in [-0.25, -0.2) is 4.98 Å². The molecule has 0 saturated heterocycles. The van der Waals surface area contributed by atoms with Crippen molar-refractivity contribution in [3.8, 4) is 0 Å². The van der Waals surface area contributed by atoms with Gasteiger partial charge in [-0.1, -0.05) is 26.8 Å². The molecule has 0 amide bonds. The highest BCUT2D eigenvalue weighted by atomic mass is 35.5. The molecule has 0 bridgehead atoms. The van der Waals surface area contributed by atoms with Crippen LogP contribution in [0.1, 0.15) is 5.69 Å². The Morgan fingerprint density at radius 1 is 1.58 bits per heavy atom. The molecule has 12 heavy (non-hydrogen) atoms. The van der Waals surface area contributed by atoms with Crippen LogP contribution in [0.4, 0.5) is 3.89 Å². The first kappa shape index (κ1) is 10.2. The highest BCUT2D eigenvalue weighted by molar-refractivity contribution is 7.88. The molecular weight excluding hydrogens is 248 g/mol. The van der Waals surface area contributed by atoms with Gasteiger partial charge in [-0.15, -0.1) is 11.6 Å². The van der Waals surface area contributed by atoms with Gasteiger partial charge in [0.1, 0.15) is 0 Å². The van der Waals surface area contributed by atoms with Crippen LogP contribution in [-0.4, -0.2) is 13.4 Å². The summed E-state index contributed by atoms with van der Waals surface area (Å²) < 4.78 is 32.7. The first-order valence-electron chi connectivity index (χ1n) is 2.61. The molecule has 1 aromatic rings. The topological polar surface area (TPSA) is 47.0 Å². The van der Waals surface area contributed by atoms with Crippen LogP contribution in [0.25, 0.3) is 0 Å². The molecule has 0 aliphatic carbocycles. The molecule has 0 radical (unpaired) electrons. The number of alkyl halides is 1. The van der Waals surface area contributed by atoms with E-state index in [1.54, 1.807) is 0 Å². The second-order valence-electron chi connectivity index (χ2n) is 1.77. The predicted molar refractivity (Wildman–Crippen MR) is 45.0 cm³/mol. The van der Waals surface area contributed by atoms with Gasteiger partial charge in [-0.05, 0) is 0 Å². The standard InChI is InChI=1S/C4H2Cl2FNO2S2/c5-1-2-3(12(7,9)10)11-4(6)8-2/h1H2. The Bertz CT molecular complexity index is 388. The van der Waals surface area contributed by atoms with E-state index < -0.39 is 14.4 Å². The van der Waals surface area contributed by atoms with Crippen LogP contribution in [-0.2, 0) is 16.1 Å². The van der Waals surface area contributed by atoms with Gasteiger partial charge in [0, 0.05) is 0 Å². The van der Waals surface area contributed by atoms with Crippen LogP contribution >= 0.6 is 34.5 Å². The quantitative estimate of drug-likeness (QED) is 0.597. The minimum absolute atomic E-state index is 0.0399. The molecule has 0 N–H and O–H groups in total. The van der Waals surface area contributed by atoms with E-state index >= 15 is 0 Å². The Hall–Kier alpha value is 0.0900. The summed E-state index contributed by atoms with van der Waals surface area (Å²) in [7, 11) is -4.74. The van der Waals surface area contributed by atoms with Gasteiger partial charge in [0.25, 0.3) is 0 Å². The molecule has 68 valence electrons. The van der Waals surface area contributed by atoms with Crippen molar-refractivity contribution in [2.45, 2.75) is 10.1 Å². The van der Waals surface area contributed by atoms with Gasteiger partial charge in [0.15, 0.2) is 8.68 Å². The third-order valence-corrected chi connectivity index (χ3v) is 3.76. The molecule has 0 spiro atoms. The maximum atomic E-state index is 12.4. The SMILES string of the molecule is O=S(=O)(F)c1sc(Cl)nc1CCl. The molecule has 3 nitrogen and oxygen atoms in total. The number of hydrogen-bond acceptors (Lipinski definition) is 4. The smallest absolute Gasteiger partial charge is 0.227 e. The van der Waals surface area contributed by atoms with Crippen LogP contribution in [0, 0.1) is 0 Å². The van der Waals surface area contributed by atoms with E-state index in [-0.39, 0.29) is 16.0 Å². The highest BCUT2D eigenvalue weighted by Gasteiger charge is 2.21. The van der Waals surface area contributed by atoms with Crippen LogP contribution in [0.15, 0.2) is 4.21 Å². The van der Waals surface area contributed by atoms with Crippen molar-refractivity contribution < 1.29 is 12.3 Å². The summed E-state index contributed by atoms with van der Waals surface area (Å²) in [5, 5.41) is 0. The van der Waals surface area contributed by atoms with E-state index in [1.807, 2.05) is 0 Å². The molecule has 1 heterocycles. The number of nitrogens with zero attached hydrogens (tertiary/aromatic N) is 1. The molecule has 1 rings (SSSR count). The number of aromatic nitrogens is 1. The summed E-state index contributed by atoms with van der Waals surface area (Å²) in [6.07, 6.45) is 0. The fraction of sp³-hybridized carbons (Fsp3) is 0.250. The Morgan fingerprint density at radius 3 is 2.50 bits per heavy atom. The average Bonchev–Trinajstić information content (AvgIpc) is 2.29. The molecule has 8 heteroatoms. The highest BCUT2D eigenvalue weighted by Crippen LogP contribution is 2.29. The van der Waals surface area contributed by atoms with E-state index in [1.165, 1.54) is 0 Å². The third-order valence-electron chi connectivity index (χ3n) is 0.983. The lowest BCUT2D eigenvalue weighted by Crippen LogP contribution is -1.92. The van der Waals surface area contributed by atoms with Crippen molar-refractivity contribution in [1.29, 1.82) is 0 Å². The van der Waals surface area contributed by atoms with Crippen molar-refractivity contribution in [2.24, 2.45) is 0 Å². The zero-order chi connectivity index (χ0) is 9.35. The Labute approximate surface area is 82.3 Å². The van der Waals surface area contributed by atoms with Crippen LogP contribution < -0.4 is 0 Å². The minimum atomic E-state index is -4.74. The van der Waals surface area contributed by atoms with E-state index in [0.717, 1.165) is 0 Å². The Kier molecular flexibility index (Phi) is 2.92. The summed E-state index contributed by atoms with van der Waals surface area (Å²) >= 11 is 11.2. The third kappa shape index (κ3) is 2.07. The summed E-state index contributed by atoms with van der Waals surface area (Å²) in [4.78, 5) is 3.53. The largest absolute Gasteiger partial charge is 0.343 e. The van der Waals surface area contributed by atoms with Gasteiger partial charge < -0.3 is 0 Å². The molecule has 0 unspecified atom stereocenters. The maximum Gasteiger partial charge on any atom is 0.343 e. The van der Waals surface area contributed by atoms with Crippen molar-refractivity contribution in [2.75, 3.05) is 0 Å². The zero-order valence-electron chi connectivity index (χ0n) is 5.42. The minimum Gasteiger partial charge on any atom is -0.227 e. The molecule has 1 aromatic heterocycles. The van der Waals surface area contributed by atoms with E-state index in [4.69, 9.17) is 23.2 Å². The number of thiazole rings is 1. The zero-order valence-corrected chi connectivity index (χ0v) is 8.57. The number of hydrogen-bond donors (Lipinski definition) is 0. The lowest BCUT2D eigenvalue weighted by atomic mass is 10.6. The van der Waals surface area contributed by atoms with Gasteiger partial charge >= 0.3 is 10.2 Å². The Balaban J connectivity index is 3.33. The van der Waals surface area contributed by atoms with Gasteiger partial charge in [0.2, 0.25) is 0 Å². The second kappa shape index (κ2) is 3.45. The summed E-state index contributed by atoms with van der Waals surface area (Å²) in [5.74, 6) is -0.179. The maximum absolute atomic E-state index is 12.4. The monoisotopic (exact) mass is 249 g/mol. The second-order valence-corrected chi connectivity index (χ2v) is 5.16. The molecular formula is C4H2Cl2FNO2S2.